The molecule has 1 atom stereocenters. The molecule has 2 aromatic rings. The number of anilines is 1. The third kappa shape index (κ3) is 5.86. The van der Waals surface area contributed by atoms with E-state index >= 15 is 0 Å². The topological polar surface area (TPSA) is 84.2 Å². The second kappa shape index (κ2) is 9.36. The van der Waals surface area contributed by atoms with Crippen LogP contribution in [0.4, 0.5) is 5.69 Å². The van der Waals surface area contributed by atoms with Crippen molar-refractivity contribution in [1.82, 2.24) is 5.32 Å². The lowest BCUT2D eigenvalue weighted by atomic mass is 10.1. The van der Waals surface area contributed by atoms with Gasteiger partial charge in [0.25, 0.3) is 5.91 Å². The molecule has 6 heteroatoms. The van der Waals surface area contributed by atoms with Gasteiger partial charge >= 0.3 is 0 Å². The average Bonchev–Trinajstić information content (AvgIpc) is 2.60. The molecule has 5 nitrogen and oxygen atoms in total. The molecule has 0 bridgehead atoms. The van der Waals surface area contributed by atoms with Gasteiger partial charge in [-0.1, -0.05) is 55.8 Å². The van der Waals surface area contributed by atoms with Crippen molar-refractivity contribution in [3.05, 3.63) is 64.7 Å². The van der Waals surface area contributed by atoms with Gasteiger partial charge in [0.15, 0.2) is 0 Å². The lowest BCUT2D eigenvalue weighted by molar-refractivity contribution is -0.117. The summed E-state index contributed by atoms with van der Waals surface area (Å²) in [5.41, 5.74) is 7.84. The van der Waals surface area contributed by atoms with Crippen LogP contribution in [0.5, 0.6) is 0 Å². The average molecular weight is 374 g/mol. The molecule has 0 aliphatic carbocycles. The SMILES string of the molecule is CC(C)CNC(=O)c1ccc(NC(=O)[C@@H](N)Cc2ccccc2)cc1Cl. The molecule has 0 aromatic heterocycles. The zero-order valence-corrected chi connectivity index (χ0v) is 15.7. The van der Waals surface area contributed by atoms with E-state index in [9.17, 15) is 9.59 Å². The highest BCUT2D eigenvalue weighted by molar-refractivity contribution is 6.34. The van der Waals surface area contributed by atoms with Crippen LogP contribution in [0.25, 0.3) is 0 Å². The number of benzene rings is 2. The van der Waals surface area contributed by atoms with Gasteiger partial charge < -0.3 is 16.4 Å². The summed E-state index contributed by atoms with van der Waals surface area (Å²) in [4.78, 5) is 24.4. The first-order valence-electron chi connectivity index (χ1n) is 8.55. The molecule has 0 radical (unpaired) electrons. The van der Waals surface area contributed by atoms with Crippen LogP contribution in [0, 0.1) is 5.92 Å². The summed E-state index contributed by atoms with van der Waals surface area (Å²) in [5.74, 6) is -0.188. The molecule has 26 heavy (non-hydrogen) atoms. The van der Waals surface area contributed by atoms with Crippen molar-refractivity contribution in [2.45, 2.75) is 26.3 Å². The molecule has 2 aromatic carbocycles. The van der Waals surface area contributed by atoms with Gasteiger partial charge in [-0.05, 0) is 36.1 Å². The fourth-order valence-corrected chi connectivity index (χ4v) is 2.63. The van der Waals surface area contributed by atoms with Crippen LogP contribution < -0.4 is 16.4 Å². The van der Waals surface area contributed by atoms with E-state index in [2.05, 4.69) is 10.6 Å². The van der Waals surface area contributed by atoms with Crippen molar-refractivity contribution in [2.24, 2.45) is 11.7 Å². The summed E-state index contributed by atoms with van der Waals surface area (Å²) < 4.78 is 0. The summed E-state index contributed by atoms with van der Waals surface area (Å²) in [6.07, 6.45) is 0.441. The molecule has 0 heterocycles. The Morgan fingerprint density at radius 3 is 2.42 bits per heavy atom. The van der Waals surface area contributed by atoms with Gasteiger partial charge in [0.2, 0.25) is 5.91 Å². The van der Waals surface area contributed by atoms with Crippen LogP contribution in [-0.4, -0.2) is 24.4 Å². The molecule has 138 valence electrons. The minimum absolute atomic E-state index is 0.234. The predicted molar refractivity (Wildman–Crippen MR) is 105 cm³/mol. The van der Waals surface area contributed by atoms with E-state index in [-0.39, 0.29) is 16.8 Å². The molecule has 0 saturated heterocycles. The number of carbonyl (C=O) groups is 2. The van der Waals surface area contributed by atoms with Crippen molar-refractivity contribution in [1.29, 1.82) is 0 Å². The highest BCUT2D eigenvalue weighted by Gasteiger charge is 2.16. The fraction of sp³-hybridized carbons (Fsp3) is 0.300. The quantitative estimate of drug-likeness (QED) is 0.696. The van der Waals surface area contributed by atoms with Crippen LogP contribution in [0.3, 0.4) is 0 Å². The molecule has 0 spiro atoms. The second-order valence-electron chi connectivity index (χ2n) is 6.58. The Labute approximate surface area is 158 Å². The number of hydrogen-bond donors (Lipinski definition) is 3. The van der Waals surface area contributed by atoms with E-state index in [0.29, 0.717) is 30.1 Å². The largest absolute Gasteiger partial charge is 0.352 e. The normalized spacial score (nSPS) is 11.9. The predicted octanol–water partition coefficient (Wildman–Crippen LogP) is 3.23. The maximum atomic E-state index is 12.3. The molecule has 0 unspecified atom stereocenters. The van der Waals surface area contributed by atoms with Gasteiger partial charge in [0, 0.05) is 12.2 Å². The zero-order chi connectivity index (χ0) is 19.1. The van der Waals surface area contributed by atoms with Crippen molar-refractivity contribution in [3.8, 4) is 0 Å². The third-order valence-corrected chi connectivity index (χ3v) is 4.10. The van der Waals surface area contributed by atoms with E-state index in [1.54, 1.807) is 18.2 Å². The zero-order valence-electron chi connectivity index (χ0n) is 15.0. The van der Waals surface area contributed by atoms with Crippen molar-refractivity contribution in [3.63, 3.8) is 0 Å². The first kappa shape index (κ1) is 19.9. The number of hydrogen-bond acceptors (Lipinski definition) is 3. The van der Waals surface area contributed by atoms with Gasteiger partial charge in [0.1, 0.15) is 0 Å². The summed E-state index contributed by atoms with van der Waals surface area (Å²) >= 11 is 6.19. The third-order valence-electron chi connectivity index (χ3n) is 3.79. The van der Waals surface area contributed by atoms with E-state index in [1.807, 2.05) is 44.2 Å². The van der Waals surface area contributed by atoms with E-state index in [1.165, 1.54) is 0 Å². The molecule has 4 N–H and O–H groups in total. The maximum absolute atomic E-state index is 12.3. The molecule has 2 rings (SSSR count). The van der Waals surface area contributed by atoms with E-state index in [4.69, 9.17) is 17.3 Å². The van der Waals surface area contributed by atoms with Crippen molar-refractivity contribution < 1.29 is 9.59 Å². The number of nitrogens with two attached hydrogens (primary N) is 1. The Balaban J connectivity index is 1.98. The minimum atomic E-state index is -0.676. The van der Waals surface area contributed by atoms with Gasteiger partial charge in [-0.3, -0.25) is 9.59 Å². The lowest BCUT2D eigenvalue weighted by Gasteiger charge is -2.14. The Morgan fingerprint density at radius 1 is 1.12 bits per heavy atom. The maximum Gasteiger partial charge on any atom is 0.252 e. The van der Waals surface area contributed by atoms with Crippen LogP contribution >= 0.6 is 11.6 Å². The van der Waals surface area contributed by atoms with Crippen LogP contribution in [0.2, 0.25) is 5.02 Å². The number of rotatable bonds is 7. The summed E-state index contributed by atoms with van der Waals surface area (Å²) in [7, 11) is 0. The van der Waals surface area contributed by atoms with Crippen LogP contribution in [-0.2, 0) is 11.2 Å². The lowest BCUT2D eigenvalue weighted by Crippen LogP contribution is -2.37. The molecular weight excluding hydrogens is 350 g/mol. The summed E-state index contributed by atoms with van der Waals surface area (Å²) in [5, 5.41) is 5.83. The summed E-state index contributed by atoms with van der Waals surface area (Å²) in [6, 6.07) is 13.7. The Hall–Kier alpha value is -2.37. The van der Waals surface area contributed by atoms with Gasteiger partial charge in [-0.15, -0.1) is 0 Å². The Morgan fingerprint density at radius 2 is 1.81 bits per heavy atom. The minimum Gasteiger partial charge on any atom is -0.352 e. The summed E-state index contributed by atoms with van der Waals surface area (Å²) in [6.45, 7) is 4.60. The fourth-order valence-electron chi connectivity index (χ4n) is 2.36. The van der Waals surface area contributed by atoms with Gasteiger partial charge in [-0.2, -0.15) is 0 Å². The number of halogens is 1. The molecule has 2 amide bonds. The van der Waals surface area contributed by atoms with Crippen molar-refractivity contribution in [2.75, 3.05) is 11.9 Å². The molecule has 0 fully saturated rings. The first-order chi connectivity index (χ1) is 12.4. The second-order valence-corrected chi connectivity index (χ2v) is 6.99. The van der Waals surface area contributed by atoms with Gasteiger partial charge in [0.05, 0.1) is 16.6 Å². The molecule has 0 aliphatic heterocycles. The highest BCUT2D eigenvalue weighted by Crippen LogP contribution is 2.21. The van der Waals surface area contributed by atoms with Crippen LogP contribution in [0.1, 0.15) is 29.8 Å². The molecule has 0 saturated carbocycles. The smallest absolute Gasteiger partial charge is 0.252 e. The van der Waals surface area contributed by atoms with E-state index in [0.717, 1.165) is 5.56 Å². The van der Waals surface area contributed by atoms with Crippen molar-refractivity contribution >= 4 is 29.1 Å². The number of nitrogens with one attached hydrogen (secondary N) is 2. The number of amides is 2. The highest BCUT2D eigenvalue weighted by atomic mass is 35.5. The van der Waals surface area contributed by atoms with Gasteiger partial charge in [-0.25, -0.2) is 0 Å². The Bertz CT molecular complexity index is 763. The Kier molecular flexibility index (Phi) is 7.18. The monoisotopic (exact) mass is 373 g/mol. The standard InChI is InChI=1S/C20H24ClN3O2/c1-13(2)12-23-19(25)16-9-8-15(11-17(16)21)24-20(26)18(22)10-14-6-4-3-5-7-14/h3-9,11,13,18H,10,12,22H2,1-2H3,(H,23,25)(H,24,26)/t18-/m0/s1. The molecular formula is C20H24ClN3O2. The van der Waals surface area contributed by atoms with Crippen LogP contribution in [0.15, 0.2) is 48.5 Å². The first-order valence-corrected chi connectivity index (χ1v) is 8.92. The van der Waals surface area contributed by atoms with E-state index < -0.39 is 6.04 Å². The molecule has 0 aliphatic rings. The number of carbonyl (C=O) groups excluding carboxylic acids is 2.